The third-order valence-electron chi connectivity index (χ3n) is 18.1. The molecule has 6 aliphatic rings. The molecule has 0 fully saturated rings. The van der Waals surface area contributed by atoms with Crippen molar-refractivity contribution in [3.63, 3.8) is 0 Å². The maximum absolute atomic E-state index is 10.5. The lowest BCUT2D eigenvalue weighted by atomic mass is 9.57. The molecule has 4 aromatic heterocycles. The Labute approximate surface area is 466 Å². The molecule has 0 bridgehead atoms. The number of hydroxylamine groups is 1. The lowest BCUT2D eigenvalue weighted by Gasteiger charge is -2.47. The van der Waals surface area contributed by atoms with Crippen molar-refractivity contribution in [2.24, 2.45) is 29.6 Å². The van der Waals surface area contributed by atoms with E-state index in [0.29, 0.717) is 35.6 Å². The van der Waals surface area contributed by atoms with Crippen LogP contribution in [0, 0.1) is 42.7 Å². The normalized spacial score (nSPS) is 27.5. The standard InChI is InChI=1S/3C21H21N3O.CH5NO.CH4/c1-13-17-9-8-15-11-22-20(14-6-4-3-5-7-14)24-19(15)21(17,2)10-16-12-23-25-18(13)16;2*1-13-16-10-9-15-12-23-20(14-7-5-4-6-8-14)24-19(15)21(16,2)11-17(22-3)18(13)25;1-2-3;/h3-7,11-13,17H,8-10H2,1-2H3;4-8,12-13,16,25H,9-11H2,1-2H3;4-8,11-13,16,18,25H,9-10H2,1-2H3;2-3H,1H3;1H4/t13-,17-,21-;13-,16-,21-;13-,16-,18?,21-;;/m000../s1/i;;;;1T. The molecule has 406 valence electrons. The third kappa shape index (κ3) is 10.2. The van der Waals surface area contributed by atoms with Gasteiger partial charge < -0.3 is 19.9 Å². The average molecular weight is 1060 g/mol. The number of aliphatic hydroxyl groups is 2. The van der Waals surface area contributed by atoms with E-state index in [-0.39, 0.29) is 39.8 Å². The number of nitrogens with zero attached hydrogens (tertiary/aromatic N) is 9. The van der Waals surface area contributed by atoms with Crippen LogP contribution in [0.15, 0.2) is 144 Å². The molecule has 0 saturated carbocycles. The molecule has 0 radical (unpaired) electrons. The molecule has 13 rings (SSSR count). The van der Waals surface area contributed by atoms with Crippen molar-refractivity contribution < 1.29 is 21.3 Å². The number of aryl methyl sites for hydroxylation is 3. The van der Waals surface area contributed by atoms with E-state index in [9.17, 15) is 10.2 Å². The number of fused-ring (bicyclic) bond motifs is 10. The highest BCUT2D eigenvalue weighted by molar-refractivity contribution is 5.58. The zero-order valence-corrected chi connectivity index (χ0v) is 46.5. The monoisotopic (exact) mass is 1060 g/mol. The maximum atomic E-state index is 10.5. The maximum Gasteiger partial charge on any atom is 0.203 e. The Morgan fingerprint density at radius 3 is 1.52 bits per heavy atom. The van der Waals surface area contributed by atoms with Crippen molar-refractivity contribution in [2.45, 2.75) is 129 Å². The zero-order valence-electron chi connectivity index (χ0n) is 47.5. The number of rotatable bonds is 3. The second kappa shape index (κ2) is 22.9. The Balaban J connectivity index is 0.000000139. The predicted octanol–water partition coefficient (Wildman–Crippen LogP) is 13.0. The Morgan fingerprint density at radius 1 is 0.620 bits per heavy atom. The molecular weight excluding hydrogens is 985 g/mol. The van der Waals surface area contributed by atoms with Crippen LogP contribution in [-0.2, 0) is 41.9 Å². The summed E-state index contributed by atoms with van der Waals surface area (Å²) in [5.74, 6) is 5.14. The fourth-order valence-electron chi connectivity index (χ4n) is 14.1. The summed E-state index contributed by atoms with van der Waals surface area (Å²) in [5, 5.41) is 32.2. The van der Waals surface area contributed by atoms with Gasteiger partial charge in [-0.1, -0.05) is 151 Å². The topological polar surface area (TPSA) is 185 Å². The number of aromatic nitrogens is 7. The van der Waals surface area contributed by atoms with Crippen molar-refractivity contribution in [3.8, 4) is 34.2 Å². The fraction of sp³-hybridized carbons (Fsp3) is 0.400. The van der Waals surface area contributed by atoms with Crippen molar-refractivity contribution >= 4 is 0 Å². The van der Waals surface area contributed by atoms with Crippen LogP contribution in [0.3, 0.4) is 0 Å². The van der Waals surface area contributed by atoms with Crippen molar-refractivity contribution in [1.82, 2.24) is 40.5 Å². The van der Waals surface area contributed by atoms with Gasteiger partial charge in [-0.15, -0.1) is 0 Å². The van der Waals surface area contributed by atoms with E-state index < -0.39 is 6.10 Å². The van der Waals surface area contributed by atoms with Gasteiger partial charge in [-0.3, -0.25) is 0 Å². The van der Waals surface area contributed by atoms with Crippen LogP contribution < -0.4 is 5.48 Å². The third-order valence-corrected chi connectivity index (χ3v) is 18.1. The van der Waals surface area contributed by atoms with E-state index in [1.807, 2.05) is 117 Å². The van der Waals surface area contributed by atoms with Crippen molar-refractivity contribution in [3.05, 3.63) is 207 Å². The van der Waals surface area contributed by atoms with Crippen LogP contribution in [0.1, 0.15) is 127 Å². The van der Waals surface area contributed by atoms with Crippen LogP contribution in [0.2, 0.25) is 0 Å². The molecular formula is C65H72N10O4. The number of benzene rings is 3. The first kappa shape index (κ1) is 54.6. The molecule has 1 unspecified atom stereocenters. The highest BCUT2D eigenvalue weighted by atomic mass is 16.5. The highest BCUT2D eigenvalue weighted by Gasteiger charge is 2.52. The fourth-order valence-corrected chi connectivity index (χ4v) is 14.1. The van der Waals surface area contributed by atoms with E-state index in [1.54, 1.807) is 5.48 Å². The van der Waals surface area contributed by atoms with Gasteiger partial charge in [0.05, 0.1) is 48.3 Å². The largest absolute Gasteiger partial charge is 0.523 e. The molecule has 4 N–H and O–H groups in total. The molecule has 79 heavy (non-hydrogen) atoms. The molecule has 14 heteroatoms. The Morgan fingerprint density at radius 2 is 1.05 bits per heavy atom. The number of hydrogen-bond acceptors (Lipinski definition) is 12. The summed E-state index contributed by atoms with van der Waals surface area (Å²) >= 11 is 0. The van der Waals surface area contributed by atoms with Crippen LogP contribution in [0.5, 0.6) is 0 Å². The van der Waals surface area contributed by atoms with Gasteiger partial charge in [0.25, 0.3) is 0 Å². The van der Waals surface area contributed by atoms with E-state index >= 15 is 0 Å². The molecule has 7 aromatic rings. The van der Waals surface area contributed by atoms with Gasteiger partial charge in [-0.05, 0) is 91.7 Å². The summed E-state index contributed by atoms with van der Waals surface area (Å²) < 4.78 is 11.3. The zero-order chi connectivity index (χ0) is 56.9. The van der Waals surface area contributed by atoms with Gasteiger partial charge in [-0.25, -0.2) is 45.1 Å². The van der Waals surface area contributed by atoms with E-state index in [4.69, 9.17) is 39.2 Å². The van der Waals surface area contributed by atoms with E-state index in [1.165, 1.54) is 36.8 Å². The van der Waals surface area contributed by atoms with Crippen molar-refractivity contribution in [2.75, 3.05) is 7.05 Å². The van der Waals surface area contributed by atoms with E-state index in [2.05, 4.69) is 76.6 Å². The van der Waals surface area contributed by atoms with E-state index in [0.717, 1.165) is 102 Å². The number of aliphatic hydroxyl groups excluding tert-OH is 2. The smallest absolute Gasteiger partial charge is 0.203 e. The van der Waals surface area contributed by atoms with Crippen molar-refractivity contribution in [1.29, 1.82) is 0 Å². The molecule has 4 heterocycles. The SMILES string of the molecule is CNO.C[C@@H]1c2oncc2C[C@]2(C)c3nc(-c4ccccc4)ncc3CC[C@@H]12.[3H]C.[C-]#[N+]C1=C(O)[C@@H](C)[C@@H]2CCc3cnc(-c4ccccc4)nc3[C@@]2(C)C1.[C-]#[N+]C1=C[C@]2(C)c3nc(-c4ccccc4)ncc3CC[C@H]2[C@H](C)C1O. The Hall–Kier alpha value is -7.75. The van der Waals surface area contributed by atoms with Crippen LogP contribution in [0.4, 0.5) is 0 Å². The summed E-state index contributed by atoms with van der Waals surface area (Å²) in [6.45, 7) is 28.0. The minimum absolute atomic E-state index is 0.00820. The van der Waals surface area contributed by atoms with Crippen LogP contribution in [-0.4, -0.2) is 63.6 Å². The van der Waals surface area contributed by atoms with Gasteiger partial charge >= 0.3 is 0 Å². The van der Waals surface area contributed by atoms with Crippen LogP contribution in [0.25, 0.3) is 43.9 Å². The second-order valence-electron chi connectivity index (χ2n) is 22.7. The minimum atomic E-state index is -0.674. The number of nitrogens with one attached hydrogen (secondary N) is 1. The molecule has 0 spiro atoms. The number of allylic oxidation sites excluding steroid dienone is 3. The molecule has 0 amide bonds. The minimum Gasteiger partial charge on any atom is -0.523 e. The molecule has 14 nitrogen and oxygen atoms in total. The first-order valence-electron chi connectivity index (χ1n) is 28.2. The summed E-state index contributed by atoms with van der Waals surface area (Å²) in [6.07, 6.45) is 16.6. The molecule has 3 aromatic carbocycles. The molecule has 0 aliphatic heterocycles. The quantitative estimate of drug-likeness (QED) is 0.0971. The van der Waals surface area contributed by atoms with Gasteiger partial charge in [0.1, 0.15) is 5.76 Å². The number of hydrogen-bond donors (Lipinski definition) is 4. The Kier molecular flexibility index (Phi) is 15.8. The summed E-state index contributed by atoms with van der Waals surface area (Å²) in [5.41, 5.74) is 13.3. The highest BCUT2D eigenvalue weighted by Crippen LogP contribution is 2.55. The second-order valence-corrected chi connectivity index (χ2v) is 22.7. The van der Waals surface area contributed by atoms with Crippen LogP contribution >= 0.6 is 0 Å². The van der Waals surface area contributed by atoms with Gasteiger partial charge in [0.2, 0.25) is 5.70 Å². The Bertz CT molecular complexity index is 3470. The molecule has 6 aliphatic carbocycles. The lowest BCUT2D eigenvalue weighted by molar-refractivity contribution is 0.0659. The van der Waals surface area contributed by atoms with Gasteiger partial charge in [0.15, 0.2) is 23.2 Å². The summed E-state index contributed by atoms with van der Waals surface area (Å²) in [7, 11) is 2.68. The van der Waals surface area contributed by atoms with Gasteiger partial charge in [-0.2, -0.15) is 0 Å². The predicted molar refractivity (Wildman–Crippen MR) is 306 cm³/mol. The van der Waals surface area contributed by atoms with Gasteiger partial charge in [0, 0.05) is 77.3 Å². The average Bonchev–Trinajstić information content (AvgIpc) is 4.05. The lowest BCUT2D eigenvalue weighted by Crippen LogP contribution is -2.47. The first-order valence-corrected chi connectivity index (χ1v) is 27.2. The summed E-state index contributed by atoms with van der Waals surface area (Å²) in [4.78, 5) is 35.9. The molecule has 10 atom stereocenters. The summed E-state index contributed by atoms with van der Waals surface area (Å²) in [6, 6.07) is 30.2. The molecule has 0 saturated heterocycles. The first-order chi connectivity index (χ1) is 38.7.